The Labute approximate surface area is 320 Å². The number of aromatic nitrogens is 3. The van der Waals surface area contributed by atoms with Gasteiger partial charge in [0.25, 0.3) is 0 Å². The van der Waals surface area contributed by atoms with Crippen LogP contribution in [0.5, 0.6) is 0 Å². The summed E-state index contributed by atoms with van der Waals surface area (Å²) in [6.45, 7) is 0. The zero-order valence-corrected chi connectivity index (χ0v) is 30.4. The van der Waals surface area contributed by atoms with Crippen molar-refractivity contribution in [3.8, 4) is 39.5 Å². The molecule has 8 aromatic carbocycles. The molecule has 0 aliphatic heterocycles. The molecule has 1 aliphatic rings. The Kier molecular flexibility index (Phi) is 7.44. The van der Waals surface area contributed by atoms with E-state index in [1.807, 2.05) is 0 Å². The highest BCUT2D eigenvalue weighted by Gasteiger charge is 2.22. The number of rotatable bonds is 4. The lowest BCUT2D eigenvalue weighted by Crippen LogP contribution is -2.09. The quantitative estimate of drug-likeness (QED) is 0.183. The lowest BCUT2D eigenvalue weighted by atomic mass is 9.80. The first-order chi connectivity index (χ1) is 27.3. The molecule has 1 aliphatic carbocycles. The molecule has 3 heteroatoms. The third-order valence-electron chi connectivity index (χ3n) is 11.7. The molecule has 3 nitrogen and oxygen atoms in total. The van der Waals surface area contributed by atoms with E-state index in [0.29, 0.717) is 11.9 Å². The third-order valence-corrected chi connectivity index (χ3v) is 11.7. The summed E-state index contributed by atoms with van der Waals surface area (Å²) in [6.07, 6.45) is 3.23. The van der Waals surface area contributed by atoms with Crippen LogP contribution in [-0.4, -0.2) is 14.5 Å². The van der Waals surface area contributed by atoms with Crippen LogP contribution in [0.4, 0.5) is 0 Å². The largest absolute Gasteiger partial charge is 0.278 e. The fraction of sp³-hybridized carbons (Fsp3) is 0.0769. The van der Waals surface area contributed by atoms with Crippen molar-refractivity contribution in [3.05, 3.63) is 199 Å². The summed E-state index contributed by atoms with van der Waals surface area (Å²) in [4.78, 5) is 10.6. The summed E-state index contributed by atoms with van der Waals surface area (Å²) < 4.78 is 2.26. The topological polar surface area (TPSA) is 30.7 Å². The van der Waals surface area contributed by atoms with Crippen LogP contribution >= 0.6 is 0 Å². The van der Waals surface area contributed by atoms with Gasteiger partial charge in [0.2, 0.25) is 5.95 Å². The first-order valence-electron chi connectivity index (χ1n) is 19.3. The molecule has 1 atom stereocenters. The number of para-hydroxylation sites is 1. The van der Waals surface area contributed by atoms with Crippen molar-refractivity contribution in [2.24, 2.45) is 0 Å². The Morgan fingerprint density at radius 2 is 1.18 bits per heavy atom. The molecular weight excluding hydrogens is 667 g/mol. The van der Waals surface area contributed by atoms with Crippen molar-refractivity contribution in [1.29, 1.82) is 0 Å². The van der Waals surface area contributed by atoms with Crippen molar-refractivity contribution < 1.29 is 0 Å². The molecule has 0 saturated carbocycles. The molecule has 0 N–H and O–H groups in total. The van der Waals surface area contributed by atoms with E-state index in [1.54, 1.807) is 0 Å². The minimum absolute atomic E-state index is 0.500. The third kappa shape index (κ3) is 5.34. The maximum Gasteiger partial charge on any atom is 0.235 e. The first kappa shape index (κ1) is 31.7. The molecule has 10 aromatic rings. The van der Waals surface area contributed by atoms with Crippen molar-refractivity contribution in [3.63, 3.8) is 0 Å². The van der Waals surface area contributed by atoms with Gasteiger partial charge < -0.3 is 0 Å². The zero-order valence-electron chi connectivity index (χ0n) is 30.4. The molecule has 2 heterocycles. The van der Waals surface area contributed by atoms with E-state index in [1.165, 1.54) is 60.5 Å². The Balaban J connectivity index is 1.10. The van der Waals surface area contributed by atoms with Crippen LogP contribution in [0.3, 0.4) is 0 Å². The second-order valence-corrected chi connectivity index (χ2v) is 14.9. The van der Waals surface area contributed by atoms with Crippen LogP contribution in [0.25, 0.3) is 82.9 Å². The summed E-state index contributed by atoms with van der Waals surface area (Å²) in [5, 5.41) is 5.90. The van der Waals surface area contributed by atoms with Gasteiger partial charge in [-0.2, -0.15) is 0 Å². The fourth-order valence-electron chi connectivity index (χ4n) is 9.06. The van der Waals surface area contributed by atoms with Gasteiger partial charge in [-0.15, -0.1) is 0 Å². The molecule has 2 aromatic heterocycles. The molecule has 0 radical (unpaired) electrons. The summed E-state index contributed by atoms with van der Waals surface area (Å²) in [6, 6.07) is 66.2. The minimum Gasteiger partial charge on any atom is -0.278 e. The Morgan fingerprint density at radius 1 is 0.473 bits per heavy atom. The van der Waals surface area contributed by atoms with Gasteiger partial charge in [0.15, 0.2) is 0 Å². The van der Waals surface area contributed by atoms with E-state index in [9.17, 15) is 0 Å². The van der Waals surface area contributed by atoms with E-state index >= 15 is 0 Å². The molecule has 11 rings (SSSR count). The summed E-state index contributed by atoms with van der Waals surface area (Å²) in [5.74, 6) is 1.17. The van der Waals surface area contributed by atoms with Gasteiger partial charge in [-0.05, 0) is 105 Å². The minimum atomic E-state index is 0.500. The first-order valence-corrected chi connectivity index (χ1v) is 19.3. The Bertz CT molecular complexity index is 3070. The highest BCUT2D eigenvalue weighted by atomic mass is 15.2. The fourth-order valence-corrected chi connectivity index (χ4v) is 9.06. The second kappa shape index (κ2) is 12.9. The van der Waals surface area contributed by atoms with Crippen molar-refractivity contribution >= 4 is 43.5 Å². The van der Waals surface area contributed by atoms with Gasteiger partial charge in [0.05, 0.1) is 22.2 Å². The number of hydrogen-bond donors (Lipinski definition) is 0. The number of nitrogens with zero attached hydrogens (tertiary/aromatic N) is 3. The predicted molar refractivity (Wildman–Crippen MR) is 229 cm³/mol. The normalized spacial score (nSPS) is 14.1. The van der Waals surface area contributed by atoms with Gasteiger partial charge >= 0.3 is 0 Å². The highest BCUT2D eigenvalue weighted by Crippen LogP contribution is 2.42. The van der Waals surface area contributed by atoms with Crippen LogP contribution in [0.2, 0.25) is 0 Å². The van der Waals surface area contributed by atoms with Crippen molar-refractivity contribution in [1.82, 2.24) is 14.5 Å². The van der Waals surface area contributed by atoms with E-state index in [-0.39, 0.29) is 0 Å². The van der Waals surface area contributed by atoms with Crippen LogP contribution in [0, 0.1) is 0 Å². The van der Waals surface area contributed by atoms with Gasteiger partial charge in [-0.3, -0.25) is 4.57 Å². The van der Waals surface area contributed by atoms with Crippen molar-refractivity contribution in [2.45, 2.75) is 25.2 Å². The number of fused-ring (bicyclic) bond motifs is 9. The van der Waals surface area contributed by atoms with Gasteiger partial charge in [0.1, 0.15) is 0 Å². The van der Waals surface area contributed by atoms with Crippen LogP contribution in [0.1, 0.15) is 29.0 Å². The van der Waals surface area contributed by atoms with E-state index in [0.717, 1.165) is 52.5 Å². The Hall–Kier alpha value is -6.84. The lowest BCUT2D eigenvalue weighted by molar-refractivity contribution is 0.618. The van der Waals surface area contributed by atoms with Crippen LogP contribution in [-0.2, 0) is 12.8 Å². The lowest BCUT2D eigenvalue weighted by Gasteiger charge is -2.25. The predicted octanol–water partition coefficient (Wildman–Crippen LogP) is 13.2. The maximum atomic E-state index is 5.34. The van der Waals surface area contributed by atoms with Gasteiger partial charge in [-0.1, -0.05) is 152 Å². The van der Waals surface area contributed by atoms with Gasteiger partial charge in [0, 0.05) is 21.7 Å². The van der Waals surface area contributed by atoms with E-state index in [4.69, 9.17) is 9.97 Å². The Morgan fingerprint density at radius 3 is 2.07 bits per heavy atom. The average Bonchev–Trinajstić information content (AvgIpc) is 3.59. The van der Waals surface area contributed by atoms with Crippen LogP contribution in [0.15, 0.2) is 182 Å². The summed E-state index contributed by atoms with van der Waals surface area (Å²) in [7, 11) is 0. The molecule has 0 fully saturated rings. The monoisotopic (exact) mass is 703 g/mol. The molecular formula is C52H37N3. The molecule has 0 bridgehead atoms. The molecule has 260 valence electrons. The molecule has 0 spiro atoms. The summed E-state index contributed by atoms with van der Waals surface area (Å²) >= 11 is 0. The molecule has 55 heavy (non-hydrogen) atoms. The van der Waals surface area contributed by atoms with Crippen LogP contribution < -0.4 is 0 Å². The number of benzene rings is 8. The summed E-state index contributed by atoms with van der Waals surface area (Å²) in [5.41, 5.74) is 14.5. The van der Waals surface area contributed by atoms with E-state index in [2.05, 4.69) is 187 Å². The number of hydrogen-bond acceptors (Lipinski definition) is 2. The SMILES string of the molecule is c1ccc(-c2nc(-n3c4ccc(-c5ccc6c(c5)-c5ccccc5CC(c5ccccc5)CC6)cc4c4c5ccccc5ccc43)nc3ccccc23)cc1. The molecule has 1 unspecified atom stereocenters. The highest BCUT2D eigenvalue weighted by molar-refractivity contribution is 6.21. The van der Waals surface area contributed by atoms with Crippen molar-refractivity contribution in [2.75, 3.05) is 0 Å². The molecule has 0 saturated heterocycles. The van der Waals surface area contributed by atoms with E-state index < -0.39 is 0 Å². The smallest absolute Gasteiger partial charge is 0.235 e. The maximum absolute atomic E-state index is 5.34. The average molecular weight is 704 g/mol. The zero-order chi connectivity index (χ0) is 36.3. The number of aryl methyl sites for hydroxylation is 1. The van der Waals surface area contributed by atoms with Gasteiger partial charge in [-0.25, -0.2) is 9.97 Å². The second-order valence-electron chi connectivity index (χ2n) is 14.9. The molecule has 0 amide bonds. The standard InChI is InChI=1S/C52H37N3/c1-3-13-34(14-4-1)38-25-23-36-24-26-39(32-45(36)42-19-9-8-18-41(42)31-38)40-28-29-48-46(33-40)50-43-20-10-7-15-35(43)27-30-49(50)55(48)52-53-47-22-12-11-21-44(47)51(54-52)37-16-5-2-6-17-37/h1-22,24,26-30,32-33,38H,23,25,31H2.